The van der Waals surface area contributed by atoms with Crippen molar-refractivity contribution in [3.63, 3.8) is 0 Å². The minimum atomic E-state index is -1.09. The van der Waals surface area contributed by atoms with Gasteiger partial charge in [-0.15, -0.1) is 0 Å². The van der Waals surface area contributed by atoms with E-state index in [1.807, 2.05) is 24.3 Å². The van der Waals surface area contributed by atoms with Gasteiger partial charge in [0, 0.05) is 5.69 Å². The van der Waals surface area contributed by atoms with E-state index < -0.39 is 12.6 Å². The molecule has 0 saturated heterocycles. The Morgan fingerprint density at radius 3 is 2.45 bits per heavy atom. The average molecular weight is 279 g/mol. The molecule has 1 rings (SSSR count). The van der Waals surface area contributed by atoms with Gasteiger partial charge >= 0.3 is 5.97 Å². The molecule has 1 aromatic carbocycles. The van der Waals surface area contributed by atoms with Gasteiger partial charge in [0.1, 0.15) is 13.2 Å². The fourth-order valence-corrected chi connectivity index (χ4v) is 1.76. The molecule has 20 heavy (non-hydrogen) atoms. The summed E-state index contributed by atoms with van der Waals surface area (Å²) < 4.78 is 4.71. The third kappa shape index (κ3) is 6.89. The lowest BCUT2D eigenvalue weighted by Gasteiger charge is -2.06. The van der Waals surface area contributed by atoms with Crippen LogP contribution >= 0.6 is 0 Å². The molecular weight excluding hydrogens is 258 g/mol. The van der Waals surface area contributed by atoms with Crippen molar-refractivity contribution in [2.75, 3.05) is 18.5 Å². The monoisotopic (exact) mass is 279 g/mol. The number of nitrogens with one attached hydrogen (secondary N) is 1. The van der Waals surface area contributed by atoms with Crippen molar-refractivity contribution in [2.45, 2.75) is 32.6 Å². The Balaban J connectivity index is 2.33. The number of carboxylic acid groups (broad SMARTS) is 1. The van der Waals surface area contributed by atoms with Crippen LogP contribution in [0.2, 0.25) is 0 Å². The van der Waals surface area contributed by atoms with E-state index >= 15 is 0 Å². The number of benzene rings is 1. The number of rotatable bonds is 9. The van der Waals surface area contributed by atoms with Crippen LogP contribution in [0.5, 0.6) is 0 Å². The molecule has 0 bridgehead atoms. The Hall–Kier alpha value is -1.88. The van der Waals surface area contributed by atoms with Crippen LogP contribution in [-0.4, -0.2) is 30.2 Å². The summed E-state index contributed by atoms with van der Waals surface area (Å²) in [6, 6.07) is 7.67. The van der Waals surface area contributed by atoms with Gasteiger partial charge in [-0.25, -0.2) is 4.79 Å². The quantitative estimate of drug-likeness (QED) is 0.681. The molecule has 0 aliphatic heterocycles. The second-order valence-electron chi connectivity index (χ2n) is 4.59. The van der Waals surface area contributed by atoms with Gasteiger partial charge in [0.25, 0.3) is 0 Å². The van der Waals surface area contributed by atoms with Crippen molar-refractivity contribution in [1.29, 1.82) is 0 Å². The predicted octanol–water partition coefficient (Wildman–Crippen LogP) is 2.46. The largest absolute Gasteiger partial charge is 0.480 e. The van der Waals surface area contributed by atoms with Gasteiger partial charge in [0.2, 0.25) is 5.91 Å². The number of carbonyl (C=O) groups is 2. The van der Waals surface area contributed by atoms with Crippen LogP contribution in [0, 0.1) is 0 Å². The maximum absolute atomic E-state index is 11.5. The molecule has 5 nitrogen and oxygen atoms in total. The summed E-state index contributed by atoms with van der Waals surface area (Å²) in [5.41, 5.74) is 1.94. The van der Waals surface area contributed by atoms with E-state index in [0.29, 0.717) is 5.69 Å². The first-order valence-corrected chi connectivity index (χ1v) is 6.80. The van der Waals surface area contributed by atoms with E-state index in [1.54, 1.807) is 0 Å². The lowest BCUT2D eigenvalue weighted by atomic mass is 10.1. The average Bonchev–Trinajstić information content (AvgIpc) is 2.40. The molecule has 0 heterocycles. The summed E-state index contributed by atoms with van der Waals surface area (Å²) in [7, 11) is 0. The molecule has 110 valence electrons. The van der Waals surface area contributed by atoms with Crippen LogP contribution in [0.15, 0.2) is 24.3 Å². The number of carbonyl (C=O) groups excluding carboxylic acids is 1. The van der Waals surface area contributed by atoms with Crippen LogP contribution < -0.4 is 5.32 Å². The minimum Gasteiger partial charge on any atom is -0.480 e. The number of carboxylic acids is 1. The maximum Gasteiger partial charge on any atom is 0.329 e. The second kappa shape index (κ2) is 9.09. The van der Waals surface area contributed by atoms with Crippen molar-refractivity contribution < 1.29 is 19.4 Å². The first-order chi connectivity index (χ1) is 9.61. The molecule has 0 unspecified atom stereocenters. The maximum atomic E-state index is 11.5. The molecule has 0 atom stereocenters. The number of hydrogen-bond donors (Lipinski definition) is 2. The van der Waals surface area contributed by atoms with E-state index in [-0.39, 0.29) is 12.5 Å². The fourth-order valence-electron chi connectivity index (χ4n) is 1.76. The summed E-state index contributed by atoms with van der Waals surface area (Å²) in [5, 5.41) is 11.0. The highest BCUT2D eigenvalue weighted by Gasteiger charge is 2.04. The molecule has 5 heteroatoms. The Bertz CT molecular complexity index is 428. The zero-order valence-electron chi connectivity index (χ0n) is 11.7. The molecule has 0 radical (unpaired) electrons. The molecule has 2 N–H and O–H groups in total. The summed E-state index contributed by atoms with van der Waals surface area (Å²) in [4.78, 5) is 21.7. The van der Waals surface area contributed by atoms with E-state index in [9.17, 15) is 9.59 Å². The van der Waals surface area contributed by atoms with Crippen LogP contribution in [0.3, 0.4) is 0 Å². The van der Waals surface area contributed by atoms with Gasteiger partial charge in [-0.2, -0.15) is 0 Å². The molecule has 0 saturated carbocycles. The van der Waals surface area contributed by atoms with Crippen LogP contribution in [0.4, 0.5) is 5.69 Å². The number of aliphatic carboxylic acids is 1. The number of aryl methyl sites for hydroxylation is 1. The van der Waals surface area contributed by atoms with Gasteiger partial charge in [-0.05, 0) is 30.5 Å². The third-order valence-electron chi connectivity index (χ3n) is 2.77. The van der Waals surface area contributed by atoms with Crippen LogP contribution in [0.1, 0.15) is 31.7 Å². The van der Waals surface area contributed by atoms with Gasteiger partial charge in [-0.1, -0.05) is 31.9 Å². The van der Waals surface area contributed by atoms with Crippen molar-refractivity contribution in [3.8, 4) is 0 Å². The molecule has 0 spiro atoms. The van der Waals surface area contributed by atoms with E-state index in [1.165, 1.54) is 24.8 Å². The van der Waals surface area contributed by atoms with Crippen LogP contribution in [0.25, 0.3) is 0 Å². The smallest absolute Gasteiger partial charge is 0.329 e. The fraction of sp³-hybridized carbons (Fsp3) is 0.467. The normalized spacial score (nSPS) is 10.2. The summed E-state index contributed by atoms with van der Waals surface area (Å²) in [6.45, 7) is 1.44. The van der Waals surface area contributed by atoms with E-state index in [0.717, 1.165) is 6.42 Å². The predicted molar refractivity (Wildman–Crippen MR) is 76.8 cm³/mol. The van der Waals surface area contributed by atoms with E-state index in [2.05, 4.69) is 12.2 Å². The van der Waals surface area contributed by atoms with Gasteiger partial charge in [0.05, 0.1) is 0 Å². The Labute approximate surface area is 118 Å². The van der Waals surface area contributed by atoms with Gasteiger partial charge < -0.3 is 15.2 Å². The van der Waals surface area contributed by atoms with Crippen molar-refractivity contribution in [1.82, 2.24) is 0 Å². The molecule has 0 aliphatic carbocycles. The van der Waals surface area contributed by atoms with Crippen molar-refractivity contribution in [3.05, 3.63) is 29.8 Å². The molecular formula is C15H21NO4. The SMILES string of the molecule is CCCCCc1ccc(NC(=O)COCC(=O)O)cc1. The molecule has 0 aliphatic rings. The lowest BCUT2D eigenvalue weighted by molar-refractivity contribution is -0.143. The number of amides is 1. The highest BCUT2D eigenvalue weighted by atomic mass is 16.5. The molecule has 1 amide bonds. The standard InChI is InChI=1S/C15H21NO4/c1-2-3-4-5-12-6-8-13(9-7-12)16-14(17)10-20-11-15(18)19/h6-9H,2-5,10-11H2,1H3,(H,16,17)(H,18,19). The molecule has 0 aromatic heterocycles. The minimum absolute atomic E-state index is 0.259. The van der Waals surface area contributed by atoms with Crippen molar-refractivity contribution >= 4 is 17.6 Å². The first-order valence-electron chi connectivity index (χ1n) is 6.80. The summed E-state index contributed by atoms with van der Waals surface area (Å²) in [6.07, 6.45) is 4.64. The number of hydrogen-bond acceptors (Lipinski definition) is 3. The summed E-state index contributed by atoms with van der Waals surface area (Å²) >= 11 is 0. The molecule has 1 aromatic rings. The molecule has 0 fully saturated rings. The van der Waals surface area contributed by atoms with Crippen molar-refractivity contribution in [2.24, 2.45) is 0 Å². The zero-order valence-corrected chi connectivity index (χ0v) is 11.7. The van der Waals surface area contributed by atoms with Crippen LogP contribution in [-0.2, 0) is 20.7 Å². The highest BCUT2D eigenvalue weighted by Crippen LogP contribution is 2.12. The third-order valence-corrected chi connectivity index (χ3v) is 2.77. The second-order valence-corrected chi connectivity index (χ2v) is 4.59. The van der Waals surface area contributed by atoms with Gasteiger partial charge in [-0.3, -0.25) is 4.79 Å². The Kier molecular flexibility index (Phi) is 7.35. The van der Waals surface area contributed by atoms with E-state index in [4.69, 9.17) is 9.84 Å². The first kappa shape index (κ1) is 16.2. The Morgan fingerprint density at radius 2 is 1.85 bits per heavy atom. The topological polar surface area (TPSA) is 75.6 Å². The highest BCUT2D eigenvalue weighted by molar-refractivity contribution is 5.91. The number of anilines is 1. The summed E-state index contributed by atoms with van der Waals surface area (Å²) in [5.74, 6) is -1.45. The lowest BCUT2D eigenvalue weighted by Crippen LogP contribution is -2.20. The Morgan fingerprint density at radius 1 is 1.15 bits per heavy atom. The van der Waals surface area contributed by atoms with Gasteiger partial charge in [0.15, 0.2) is 0 Å². The number of ether oxygens (including phenoxy) is 1. The zero-order chi connectivity index (χ0) is 14.8. The number of unbranched alkanes of at least 4 members (excludes halogenated alkanes) is 2.